The highest BCUT2D eigenvalue weighted by atomic mass is 15.4. The maximum absolute atomic E-state index is 4.54. The molecule has 1 N–H and O–H groups in total. The van der Waals surface area contributed by atoms with Gasteiger partial charge in [-0.1, -0.05) is 0 Å². The molecule has 2 aromatic rings. The van der Waals surface area contributed by atoms with E-state index in [0.717, 1.165) is 24.5 Å². The molecule has 3 rings (SSSR count). The summed E-state index contributed by atoms with van der Waals surface area (Å²) in [4.78, 5) is 0. The van der Waals surface area contributed by atoms with Gasteiger partial charge >= 0.3 is 0 Å². The van der Waals surface area contributed by atoms with Crippen LogP contribution in [0.25, 0.3) is 0 Å². The molecule has 0 spiro atoms. The zero-order valence-electron chi connectivity index (χ0n) is 9.51. The Balaban J connectivity index is 2.04. The van der Waals surface area contributed by atoms with Gasteiger partial charge in [0.15, 0.2) is 0 Å². The van der Waals surface area contributed by atoms with Crippen molar-refractivity contribution in [1.82, 2.24) is 19.6 Å². The fraction of sp³-hybridized carbons (Fsp3) is 0.455. The molecule has 1 unspecified atom stereocenters. The third-order valence-electron chi connectivity index (χ3n) is 2.99. The van der Waals surface area contributed by atoms with Crippen LogP contribution in [0, 0.1) is 6.92 Å². The molecule has 1 aliphatic rings. The zero-order valence-corrected chi connectivity index (χ0v) is 9.51. The van der Waals surface area contributed by atoms with E-state index in [0.29, 0.717) is 6.04 Å². The third-order valence-corrected chi connectivity index (χ3v) is 2.99. The Morgan fingerprint density at radius 2 is 2.38 bits per heavy atom. The van der Waals surface area contributed by atoms with Crippen molar-refractivity contribution in [2.45, 2.75) is 19.4 Å². The standard InChI is InChI=1S/C11H15N5/c1-8-5-11-12-4-3-10(16(11)14-8)9-6-13-15(2)7-9/h5-7,10,12H,3-4H2,1-2H3. The first-order valence-corrected chi connectivity index (χ1v) is 5.52. The largest absolute Gasteiger partial charge is 0.370 e. The van der Waals surface area contributed by atoms with Crippen LogP contribution in [0.1, 0.15) is 23.7 Å². The summed E-state index contributed by atoms with van der Waals surface area (Å²) in [7, 11) is 1.94. The van der Waals surface area contributed by atoms with Crippen molar-refractivity contribution in [1.29, 1.82) is 0 Å². The second kappa shape index (κ2) is 3.37. The predicted octanol–water partition coefficient (Wildman–Crippen LogP) is 1.33. The minimum atomic E-state index is 0.318. The molecule has 5 heteroatoms. The Bertz CT molecular complexity index is 510. The van der Waals surface area contributed by atoms with Crippen molar-refractivity contribution in [3.05, 3.63) is 29.7 Å². The van der Waals surface area contributed by atoms with E-state index in [1.54, 1.807) is 0 Å². The van der Waals surface area contributed by atoms with Gasteiger partial charge in [0.2, 0.25) is 0 Å². The van der Waals surface area contributed by atoms with E-state index in [2.05, 4.69) is 32.5 Å². The predicted molar refractivity (Wildman–Crippen MR) is 61.4 cm³/mol. The van der Waals surface area contributed by atoms with Crippen molar-refractivity contribution in [2.75, 3.05) is 11.9 Å². The highest BCUT2D eigenvalue weighted by Gasteiger charge is 2.23. The Labute approximate surface area is 94.1 Å². The van der Waals surface area contributed by atoms with Gasteiger partial charge in [-0.2, -0.15) is 10.2 Å². The van der Waals surface area contributed by atoms with Crippen molar-refractivity contribution in [3.63, 3.8) is 0 Å². The monoisotopic (exact) mass is 217 g/mol. The molecule has 16 heavy (non-hydrogen) atoms. The van der Waals surface area contributed by atoms with E-state index in [9.17, 15) is 0 Å². The Morgan fingerprint density at radius 1 is 1.50 bits per heavy atom. The summed E-state index contributed by atoms with van der Waals surface area (Å²) in [5.74, 6) is 1.11. The van der Waals surface area contributed by atoms with Crippen molar-refractivity contribution < 1.29 is 0 Å². The van der Waals surface area contributed by atoms with Gasteiger partial charge < -0.3 is 5.32 Å². The number of rotatable bonds is 1. The van der Waals surface area contributed by atoms with Gasteiger partial charge in [-0.3, -0.25) is 4.68 Å². The molecule has 5 nitrogen and oxygen atoms in total. The first kappa shape index (κ1) is 9.45. The summed E-state index contributed by atoms with van der Waals surface area (Å²) in [5, 5.41) is 12.1. The lowest BCUT2D eigenvalue weighted by Crippen LogP contribution is -2.24. The molecular weight excluding hydrogens is 202 g/mol. The van der Waals surface area contributed by atoms with Crippen LogP contribution < -0.4 is 5.32 Å². The van der Waals surface area contributed by atoms with Crippen LogP contribution >= 0.6 is 0 Å². The van der Waals surface area contributed by atoms with Crippen LogP contribution in [-0.2, 0) is 7.05 Å². The first-order valence-electron chi connectivity index (χ1n) is 5.52. The molecule has 0 fully saturated rings. The molecule has 3 heterocycles. The van der Waals surface area contributed by atoms with Gasteiger partial charge in [0.05, 0.1) is 17.9 Å². The van der Waals surface area contributed by atoms with Crippen molar-refractivity contribution in [3.8, 4) is 0 Å². The van der Waals surface area contributed by atoms with Gasteiger partial charge in [-0.15, -0.1) is 0 Å². The average Bonchev–Trinajstić information content (AvgIpc) is 2.82. The molecule has 0 aliphatic carbocycles. The number of hydrogen-bond donors (Lipinski definition) is 1. The number of aryl methyl sites for hydroxylation is 2. The summed E-state index contributed by atoms with van der Waals surface area (Å²) < 4.78 is 3.91. The second-order valence-corrected chi connectivity index (χ2v) is 4.29. The van der Waals surface area contributed by atoms with E-state index in [1.807, 2.05) is 24.9 Å². The van der Waals surface area contributed by atoms with E-state index in [4.69, 9.17) is 0 Å². The summed E-state index contributed by atoms with van der Waals surface area (Å²) in [6, 6.07) is 2.40. The van der Waals surface area contributed by atoms with Gasteiger partial charge in [0.1, 0.15) is 5.82 Å². The lowest BCUT2D eigenvalue weighted by Gasteiger charge is -2.24. The van der Waals surface area contributed by atoms with Crippen LogP contribution in [-0.4, -0.2) is 26.1 Å². The van der Waals surface area contributed by atoms with Crippen LogP contribution in [0.5, 0.6) is 0 Å². The molecule has 0 aromatic carbocycles. The maximum atomic E-state index is 4.54. The lowest BCUT2D eigenvalue weighted by molar-refractivity contribution is 0.479. The normalized spacial score (nSPS) is 19.2. The van der Waals surface area contributed by atoms with Crippen LogP contribution in [0.2, 0.25) is 0 Å². The van der Waals surface area contributed by atoms with Gasteiger partial charge in [-0.05, 0) is 13.3 Å². The smallest absolute Gasteiger partial charge is 0.125 e. The van der Waals surface area contributed by atoms with E-state index >= 15 is 0 Å². The summed E-state index contributed by atoms with van der Waals surface area (Å²) in [6.45, 7) is 3.01. The molecule has 1 aliphatic heterocycles. The molecule has 84 valence electrons. The molecule has 1 atom stereocenters. The number of hydrogen-bond acceptors (Lipinski definition) is 3. The molecule has 0 radical (unpaired) electrons. The minimum absolute atomic E-state index is 0.318. The third kappa shape index (κ3) is 1.39. The molecule has 2 aromatic heterocycles. The van der Waals surface area contributed by atoms with Crippen molar-refractivity contribution >= 4 is 5.82 Å². The van der Waals surface area contributed by atoms with Gasteiger partial charge in [0, 0.05) is 31.4 Å². The highest BCUT2D eigenvalue weighted by molar-refractivity contribution is 5.40. The molecule has 0 saturated heterocycles. The maximum Gasteiger partial charge on any atom is 0.125 e. The van der Waals surface area contributed by atoms with Crippen LogP contribution in [0.15, 0.2) is 18.5 Å². The summed E-state index contributed by atoms with van der Waals surface area (Å²) >= 11 is 0. The summed E-state index contributed by atoms with van der Waals surface area (Å²) in [6.07, 6.45) is 5.05. The summed E-state index contributed by atoms with van der Waals surface area (Å²) in [5.41, 5.74) is 2.28. The van der Waals surface area contributed by atoms with Gasteiger partial charge in [0.25, 0.3) is 0 Å². The lowest BCUT2D eigenvalue weighted by atomic mass is 10.1. The Hall–Kier alpha value is -1.78. The first-order chi connectivity index (χ1) is 7.74. The number of nitrogens with one attached hydrogen (secondary N) is 1. The van der Waals surface area contributed by atoms with E-state index < -0.39 is 0 Å². The number of fused-ring (bicyclic) bond motifs is 1. The number of aromatic nitrogens is 4. The fourth-order valence-corrected chi connectivity index (χ4v) is 2.27. The SMILES string of the molecule is Cc1cc2n(n1)C(c1cnn(C)c1)CCN2. The highest BCUT2D eigenvalue weighted by Crippen LogP contribution is 2.29. The Morgan fingerprint density at radius 3 is 3.12 bits per heavy atom. The fourth-order valence-electron chi connectivity index (χ4n) is 2.27. The number of anilines is 1. The Kier molecular flexibility index (Phi) is 1.99. The number of nitrogens with zero attached hydrogens (tertiary/aromatic N) is 4. The molecule has 0 saturated carbocycles. The van der Waals surface area contributed by atoms with Crippen LogP contribution in [0.3, 0.4) is 0 Å². The van der Waals surface area contributed by atoms with Gasteiger partial charge in [-0.25, -0.2) is 4.68 Å². The second-order valence-electron chi connectivity index (χ2n) is 4.29. The average molecular weight is 217 g/mol. The zero-order chi connectivity index (χ0) is 11.1. The molecule has 0 bridgehead atoms. The minimum Gasteiger partial charge on any atom is -0.370 e. The van der Waals surface area contributed by atoms with Crippen LogP contribution in [0.4, 0.5) is 5.82 Å². The van der Waals surface area contributed by atoms with E-state index in [-0.39, 0.29) is 0 Å². The van der Waals surface area contributed by atoms with E-state index in [1.165, 1.54) is 5.56 Å². The molecular formula is C11H15N5. The topological polar surface area (TPSA) is 47.7 Å². The van der Waals surface area contributed by atoms with Crippen molar-refractivity contribution in [2.24, 2.45) is 7.05 Å². The molecule has 0 amide bonds. The quantitative estimate of drug-likeness (QED) is 0.784.